The van der Waals surface area contributed by atoms with Gasteiger partial charge in [0.1, 0.15) is 0 Å². The fraction of sp³-hybridized carbons (Fsp3) is 0.0667. The third-order valence-corrected chi connectivity index (χ3v) is 3.22. The number of imide groups is 1. The van der Waals surface area contributed by atoms with Crippen LogP contribution in [0.1, 0.15) is 26.3 Å². The van der Waals surface area contributed by atoms with Gasteiger partial charge in [-0.3, -0.25) is 9.59 Å². The van der Waals surface area contributed by atoms with Crippen LogP contribution in [0.25, 0.3) is 0 Å². The lowest BCUT2D eigenvalue weighted by atomic mass is 10.1. The molecule has 1 heterocycles. The second-order valence-corrected chi connectivity index (χ2v) is 4.55. The van der Waals surface area contributed by atoms with E-state index in [1.54, 1.807) is 36.4 Å². The van der Waals surface area contributed by atoms with Crippen LogP contribution in [0.4, 0.5) is 11.4 Å². The van der Waals surface area contributed by atoms with E-state index in [2.05, 4.69) is 0 Å². The molecule has 4 nitrogen and oxygen atoms in total. The molecule has 19 heavy (non-hydrogen) atoms. The Kier molecular flexibility index (Phi) is 2.38. The number of rotatable bonds is 1. The third kappa shape index (κ3) is 1.61. The number of nitrogen functional groups attached to an aromatic ring is 1. The maximum atomic E-state index is 12.4. The number of fused-ring (bicyclic) bond motifs is 1. The molecule has 4 heteroatoms. The molecule has 0 aliphatic carbocycles. The van der Waals surface area contributed by atoms with E-state index in [0.717, 1.165) is 10.5 Å². The number of amides is 2. The number of hydrogen-bond acceptors (Lipinski definition) is 3. The predicted molar refractivity (Wildman–Crippen MR) is 73.2 cm³/mol. The molecular weight excluding hydrogens is 240 g/mol. The molecule has 0 bridgehead atoms. The molecule has 0 saturated carbocycles. The number of nitrogens with zero attached hydrogens (tertiary/aromatic N) is 1. The first kappa shape index (κ1) is 11.5. The minimum absolute atomic E-state index is 0.318. The number of carbonyl (C=O) groups excluding carboxylic acids is 2. The number of anilines is 2. The van der Waals surface area contributed by atoms with Gasteiger partial charge in [0.15, 0.2) is 0 Å². The van der Waals surface area contributed by atoms with Crippen molar-refractivity contribution in [2.24, 2.45) is 0 Å². The summed E-state index contributed by atoms with van der Waals surface area (Å²) in [5, 5.41) is 0. The fourth-order valence-corrected chi connectivity index (χ4v) is 2.26. The average molecular weight is 252 g/mol. The van der Waals surface area contributed by atoms with Crippen LogP contribution in [0.15, 0.2) is 42.5 Å². The Morgan fingerprint density at radius 1 is 0.947 bits per heavy atom. The summed E-state index contributed by atoms with van der Waals surface area (Å²) < 4.78 is 0. The SMILES string of the molecule is Cc1ccc2c(c1)C(=O)N(c1ccccc1N)C2=O. The van der Waals surface area contributed by atoms with Crippen LogP contribution in [0, 0.1) is 6.92 Å². The van der Waals surface area contributed by atoms with Crippen LogP contribution in [-0.2, 0) is 0 Å². The minimum atomic E-state index is -0.321. The first-order valence-corrected chi connectivity index (χ1v) is 5.93. The topological polar surface area (TPSA) is 63.4 Å². The Hall–Kier alpha value is -2.62. The summed E-state index contributed by atoms with van der Waals surface area (Å²) in [7, 11) is 0. The van der Waals surface area contributed by atoms with Gasteiger partial charge in [0.2, 0.25) is 0 Å². The summed E-state index contributed by atoms with van der Waals surface area (Å²) in [4.78, 5) is 25.8. The quantitative estimate of drug-likeness (QED) is 0.626. The number of benzene rings is 2. The largest absolute Gasteiger partial charge is 0.397 e. The van der Waals surface area contributed by atoms with E-state index in [1.165, 1.54) is 0 Å². The molecule has 2 aromatic carbocycles. The number of aryl methyl sites for hydroxylation is 1. The summed E-state index contributed by atoms with van der Waals surface area (Å²) in [5.74, 6) is -0.639. The number of nitrogens with two attached hydrogens (primary N) is 1. The van der Waals surface area contributed by atoms with E-state index in [9.17, 15) is 9.59 Å². The molecule has 0 saturated heterocycles. The number of hydrogen-bond donors (Lipinski definition) is 1. The Morgan fingerprint density at radius 2 is 1.63 bits per heavy atom. The minimum Gasteiger partial charge on any atom is -0.397 e. The van der Waals surface area contributed by atoms with Crippen molar-refractivity contribution in [3.8, 4) is 0 Å². The van der Waals surface area contributed by atoms with Crippen molar-refractivity contribution in [3.05, 3.63) is 59.2 Å². The summed E-state index contributed by atoms with van der Waals surface area (Å²) >= 11 is 0. The highest BCUT2D eigenvalue weighted by Gasteiger charge is 2.37. The molecule has 2 aromatic rings. The zero-order valence-electron chi connectivity index (χ0n) is 10.4. The first-order valence-electron chi connectivity index (χ1n) is 5.93. The van der Waals surface area contributed by atoms with Gasteiger partial charge in [-0.1, -0.05) is 23.8 Å². The van der Waals surface area contributed by atoms with Crippen LogP contribution in [0.2, 0.25) is 0 Å². The van der Waals surface area contributed by atoms with Gasteiger partial charge in [-0.05, 0) is 31.2 Å². The monoisotopic (exact) mass is 252 g/mol. The summed E-state index contributed by atoms with van der Waals surface area (Å²) in [6.07, 6.45) is 0. The van der Waals surface area contributed by atoms with Gasteiger partial charge in [0, 0.05) is 0 Å². The van der Waals surface area contributed by atoms with Crippen molar-refractivity contribution in [2.75, 3.05) is 10.6 Å². The molecular formula is C15H12N2O2. The molecule has 0 spiro atoms. The van der Waals surface area contributed by atoms with Crippen LogP contribution < -0.4 is 10.6 Å². The first-order chi connectivity index (χ1) is 9.09. The highest BCUT2D eigenvalue weighted by molar-refractivity contribution is 6.35. The predicted octanol–water partition coefficient (Wildman–Crippen LogP) is 2.38. The Morgan fingerprint density at radius 3 is 2.37 bits per heavy atom. The zero-order valence-corrected chi connectivity index (χ0v) is 10.4. The van der Waals surface area contributed by atoms with Gasteiger partial charge in [-0.2, -0.15) is 0 Å². The third-order valence-electron chi connectivity index (χ3n) is 3.22. The lowest BCUT2D eigenvalue weighted by Gasteiger charge is -2.15. The molecule has 0 radical (unpaired) electrons. The number of para-hydroxylation sites is 2. The molecule has 94 valence electrons. The Bertz CT molecular complexity index is 707. The molecule has 2 amide bonds. The van der Waals surface area contributed by atoms with Crippen LogP contribution in [-0.4, -0.2) is 11.8 Å². The van der Waals surface area contributed by atoms with Crippen molar-refractivity contribution >= 4 is 23.2 Å². The van der Waals surface area contributed by atoms with Crippen LogP contribution in [0.3, 0.4) is 0 Å². The maximum Gasteiger partial charge on any atom is 0.266 e. The van der Waals surface area contributed by atoms with Crippen LogP contribution >= 0.6 is 0 Å². The van der Waals surface area contributed by atoms with Crippen LogP contribution in [0.5, 0.6) is 0 Å². The fourth-order valence-electron chi connectivity index (χ4n) is 2.26. The lowest BCUT2D eigenvalue weighted by Crippen LogP contribution is -2.30. The van der Waals surface area contributed by atoms with Crippen molar-refractivity contribution in [3.63, 3.8) is 0 Å². The molecule has 0 aromatic heterocycles. The van der Waals surface area contributed by atoms with E-state index in [1.807, 2.05) is 13.0 Å². The zero-order chi connectivity index (χ0) is 13.6. The molecule has 0 atom stereocenters. The molecule has 2 N–H and O–H groups in total. The summed E-state index contributed by atoms with van der Waals surface area (Å²) in [6.45, 7) is 1.89. The summed E-state index contributed by atoms with van der Waals surface area (Å²) in [5.41, 5.74) is 8.51. The van der Waals surface area contributed by atoms with E-state index >= 15 is 0 Å². The van der Waals surface area contributed by atoms with E-state index < -0.39 is 0 Å². The normalized spacial score (nSPS) is 13.8. The second kappa shape index (κ2) is 3.95. The molecule has 0 fully saturated rings. The van der Waals surface area contributed by atoms with Gasteiger partial charge in [0.05, 0.1) is 22.5 Å². The van der Waals surface area contributed by atoms with E-state index in [0.29, 0.717) is 22.5 Å². The molecule has 3 rings (SSSR count). The smallest absolute Gasteiger partial charge is 0.266 e. The maximum absolute atomic E-state index is 12.4. The van der Waals surface area contributed by atoms with Crippen molar-refractivity contribution in [2.45, 2.75) is 6.92 Å². The van der Waals surface area contributed by atoms with Crippen molar-refractivity contribution < 1.29 is 9.59 Å². The Labute approximate surface area is 110 Å². The van der Waals surface area contributed by atoms with Gasteiger partial charge in [-0.15, -0.1) is 0 Å². The molecule has 1 aliphatic rings. The highest BCUT2D eigenvalue weighted by atomic mass is 16.2. The summed E-state index contributed by atoms with van der Waals surface area (Å²) in [6, 6.07) is 12.1. The lowest BCUT2D eigenvalue weighted by molar-refractivity contribution is 0.0926. The van der Waals surface area contributed by atoms with Gasteiger partial charge in [0.25, 0.3) is 11.8 Å². The second-order valence-electron chi connectivity index (χ2n) is 4.55. The van der Waals surface area contributed by atoms with E-state index in [-0.39, 0.29) is 11.8 Å². The Balaban J connectivity index is 2.16. The molecule has 0 unspecified atom stereocenters. The van der Waals surface area contributed by atoms with Crippen molar-refractivity contribution in [1.29, 1.82) is 0 Å². The van der Waals surface area contributed by atoms with Crippen molar-refractivity contribution in [1.82, 2.24) is 0 Å². The average Bonchev–Trinajstić information content (AvgIpc) is 2.63. The van der Waals surface area contributed by atoms with Gasteiger partial charge >= 0.3 is 0 Å². The molecule has 1 aliphatic heterocycles. The van der Waals surface area contributed by atoms with E-state index in [4.69, 9.17) is 5.73 Å². The van der Waals surface area contributed by atoms with Gasteiger partial charge in [-0.25, -0.2) is 4.90 Å². The standard InChI is InChI=1S/C15H12N2O2/c1-9-6-7-10-11(8-9)15(19)17(14(10)18)13-5-3-2-4-12(13)16/h2-8H,16H2,1H3. The number of carbonyl (C=O) groups is 2. The highest BCUT2D eigenvalue weighted by Crippen LogP contribution is 2.32. The van der Waals surface area contributed by atoms with Gasteiger partial charge < -0.3 is 5.73 Å².